The lowest BCUT2D eigenvalue weighted by Crippen LogP contribution is -2.55. The Labute approximate surface area is 114 Å². The second kappa shape index (κ2) is 6.17. The number of aliphatic hydroxyl groups is 1. The number of nitrogens with one attached hydrogen (secondary N) is 1. The summed E-state index contributed by atoms with van der Waals surface area (Å²) in [6.45, 7) is 5.78. The van der Waals surface area contributed by atoms with E-state index in [1.165, 1.54) is 0 Å². The normalized spacial score (nSPS) is 23.4. The molecule has 2 unspecified atom stereocenters. The zero-order chi connectivity index (χ0) is 13.8. The molecule has 1 aliphatic rings. The summed E-state index contributed by atoms with van der Waals surface area (Å²) in [7, 11) is 0. The van der Waals surface area contributed by atoms with Crippen LogP contribution < -0.4 is 10.2 Å². The van der Waals surface area contributed by atoms with Gasteiger partial charge in [0.05, 0.1) is 0 Å². The van der Waals surface area contributed by atoms with Gasteiger partial charge in [-0.05, 0) is 44.5 Å². The van der Waals surface area contributed by atoms with E-state index in [-0.39, 0.29) is 12.4 Å². The van der Waals surface area contributed by atoms with E-state index in [1.807, 2.05) is 24.3 Å². The Kier molecular flexibility index (Phi) is 4.56. The average Bonchev–Trinajstić information content (AvgIpc) is 2.38. The Morgan fingerprint density at radius 1 is 1.37 bits per heavy atom. The third-order valence-corrected chi connectivity index (χ3v) is 3.57. The molecule has 1 aliphatic heterocycles. The molecule has 0 amide bonds. The third kappa shape index (κ3) is 3.55. The van der Waals surface area contributed by atoms with Crippen molar-refractivity contribution in [2.24, 2.45) is 0 Å². The van der Waals surface area contributed by atoms with Gasteiger partial charge in [0.25, 0.3) is 0 Å². The molecule has 0 radical (unpaired) electrons. The Hall–Kier alpha value is -1.39. The van der Waals surface area contributed by atoms with Crippen molar-refractivity contribution in [2.45, 2.75) is 32.4 Å². The lowest BCUT2D eigenvalue weighted by molar-refractivity contribution is 0.101. The lowest BCUT2D eigenvalue weighted by atomic mass is 10.1. The zero-order valence-corrected chi connectivity index (χ0v) is 11.6. The van der Waals surface area contributed by atoms with Gasteiger partial charge in [0.15, 0.2) is 5.78 Å². The molecule has 19 heavy (non-hydrogen) atoms. The molecule has 1 heterocycles. The number of hydrogen-bond acceptors (Lipinski definition) is 4. The standard InChI is InChI=1S/C15H22N2O2/c1-11-9-17(10-14(16-11)7-8-18)15-5-3-13(4-6-15)12(2)19/h3-6,11,14,16,18H,7-10H2,1-2H3. The first-order valence-corrected chi connectivity index (χ1v) is 6.83. The molecule has 4 nitrogen and oxygen atoms in total. The molecule has 104 valence electrons. The lowest BCUT2D eigenvalue weighted by Gasteiger charge is -2.39. The number of carbonyl (C=O) groups is 1. The Morgan fingerprint density at radius 3 is 2.63 bits per heavy atom. The molecular formula is C15H22N2O2. The van der Waals surface area contributed by atoms with Crippen molar-refractivity contribution in [3.8, 4) is 0 Å². The molecule has 4 heteroatoms. The van der Waals surface area contributed by atoms with Crippen molar-refractivity contribution in [1.82, 2.24) is 5.32 Å². The van der Waals surface area contributed by atoms with E-state index in [4.69, 9.17) is 5.11 Å². The molecule has 0 bridgehead atoms. The van der Waals surface area contributed by atoms with E-state index in [2.05, 4.69) is 17.1 Å². The highest BCUT2D eigenvalue weighted by Crippen LogP contribution is 2.19. The quantitative estimate of drug-likeness (QED) is 0.806. The van der Waals surface area contributed by atoms with Crippen LogP contribution in [0, 0.1) is 0 Å². The highest BCUT2D eigenvalue weighted by Gasteiger charge is 2.23. The second-order valence-electron chi connectivity index (χ2n) is 5.28. The van der Waals surface area contributed by atoms with Gasteiger partial charge in [0.1, 0.15) is 0 Å². The van der Waals surface area contributed by atoms with Gasteiger partial charge >= 0.3 is 0 Å². The van der Waals surface area contributed by atoms with Crippen molar-refractivity contribution < 1.29 is 9.90 Å². The fourth-order valence-corrected chi connectivity index (χ4v) is 2.63. The van der Waals surface area contributed by atoms with Crippen LogP contribution in [0.25, 0.3) is 0 Å². The van der Waals surface area contributed by atoms with E-state index in [0.29, 0.717) is 12.1 Å². The molecule has 0 spiro atoms. The van der Waals surface area contributed by atoms with Crippen molar-refractivity contribution in [1.29, 1.82) is 0 Å². The fraction of sp³-hybridized carbons (Fsp3) is 0.533. The van der Waals surface area contributed by atoms with Crippen molar-refractivity contribution in [3.63, 3.8) is 0 Å². The SMILES string of the molecule is CC(=O)c1ccc(N2CC(C)NC(CCO)C2)cc1. The predicted molar refractivity (Wildman–Crippen MR) is 76.7 cm³/mol. The summed E-state index contributed by atoms with van der Waals surface area (Å²) in [5.74, 6) is 0.0957. The molecular weight excluding hydrogens is 240 g/mol. The number of anilines is 1. The number of hydrogen-bond donors (Lipinski definition) is 2. The van der Waals surface area contributed by atoms with Gasteiger partial charge in [-0.3, -0.25) is 4.79 Å². The van der Waals surface area contributed by atoms with Crippen LogP contribution in [0.2, 0.25) is 0 Å². The molecule has 2 atom stereocenters. The number of piperazine rings is 1. The molecule has 2 rings (SSSR count). The minimum absolute atomic E-state index is 0.0957. The summed E-state index contributed by atoms with van der Waals surface area (Å²) in [6, 6.07) is 8.49. The van der Waals surface area contributed by atoms with Crippen LogP contribution in [0.15, 0.2) is 24.3 Å². The first-order chi connectivity index (χ1) is 9.10. The maximum Gasteiger partial charge on any atom is 0.159 e. The van der Waals surface area contributed by atoms with Crippen LogP contribution in [0.5, 0.6) is 0 Å². The molecule has 1 aromatic carbocycles. The average molecular weight is 262 g/mol. The van der Waals surface area contributed by atoms with Gasteiger partial charge in [0.2, 0.25) is 0 Å². The number of rotatable bonds is 4. The topological polar surface area (TPSA) is 52.6 Å². The number of Topliss-reactive ketones (excluding diaryl/α,β-unsaturated/α-hetero) is 1. The maximum atomic E-state index is 11.3. The van der Waals surface area contributed by atoms with Gasteiger partial charge < -0.3 is 15.3 Å². The molecule has 0 aromatic heterocycles. The summed E-state index contributed by atoms with van der Waals surface area (Å²) in [6.07, 6.45) is 0.770. The van der Waals surface area contributed by atoms with Crippen LogP contribution in [0.4, 0.5) is 5.69 Å². The van der Waals surface area contributed by atoms with E-state index in [1.54, 1.807) is 6.92 Å². The number of carbonyl (C=O) groups excluding carboxylic acids is 1. The summed E-state index contributed by atoms with van der Waals surface area (Å²) in [5.41, 5.74) is 1.89. The van der Waals surface area contributed by atoms with E-state index in [0.717, 1.165) is 30.8 Å². The molecule has 1 fully saturated rings. The minimum Gasteiger partial charge on any atom is -0.396 e. The van der Waals surface area contributed by atoms with Crippen molar-refractivity contribution in [3.05, 3.63) is 29.8 Å². The predicted octanol–water partition coefficient (Wildman–Crippen LogP) is 1.44. The minimum atomic E-state index is 0.0957. The summed E-state index contributed by atoms with van der Waals surface area (Å²) < 4.78 is 0. The van der Waals surface area contributed by atoms with Crippen molar-refractivity contribution >= 4 is 11.5 Å². The number of aliphatic hydroxyl groups excluding tert-OH is 1. The van der Waals surface area contributed by atoms with Crippen LogP contribution in [0.1, 0.15) is 30.6 Å². The van der Waals surface area contributed by atoms with Crippen LogP contribution in [-0.4, -0.2) is 42.7 Å². The Balaban J connectivity index is 2.09. The smallest absolute Gasteiger partial charge is 0.159 e. The maximum absolute atomic E-state index is 11.3. The first kappa shape index (κ1) is 14.0. The Morgan fingerprint density at radius 2 is 2.05 bits per heavy atom. The summed E-state index contributed by atoms with van der Waals surface area (Å²) in [4.78, 5) is 13.6. The van der Waals surface area contributed by atoms with Crippen LogP contribution in [-0.2, 0) is 0 Å². The molecule has 0 saturated carbocycles. The largest absolute Gasteiger partial charge is 0.396 e. The van der Waals surface area contributed by atoms with Crippen LogP contribution >= 0.6 is 0 Å². The fourth-order valence-electron chi connectivity index (χ4n) is 2.63. The van der Waals surface area contributed by atoms with Crippen LogP contribution in [0.3, 0.4) is 0 Å². The van der Waals surface area contributed by atoms with Gasteiger partial charge in [0, 0.05) is 43.0 Å². The van der Waals surface area contributed by atoms with Gasteiger partial charge in [-0.25, -0.2) is 0 Å². The molecule has 2 N–H and O–H groups in total. The highest BCUT2D eigenvalue weighted by molar-refractivity contribution is 5.94. The van der Waals surface area contributed by atoms with Gasteiger partial charge in [-0.15, -0.1) is 0 Å². The van der Waals surface area contributed by atoms with Crippen molar-refractivity contribution in [2.75, 3.05) is 24.6 Å². The molecule has 0 aliphatic carbocycles. The highest BCUT2D eigenvalue weighted by atomic mass is 16.3. The van der Waals surface area contributed by atoms with E-state index < -0.39 is 0 Å². The molecule has 1 aromatic rings. The number of benzene rings is 1. The Bertz CT molecular complexity index is 430. The first-order valence-electron chi connectivity index (χ1n) is 6.83. The number of ketones is 1. The number of nitrogens with zero attached hydrogens (tertiary/aromatic N) is 1. The third-order valence-electron chi connectivity index (χ3n) is 3.57. The summed E-state index contributed by atoms with van der Waals surface area (Å²) in [5, 5.41) is 12.6. The zero-order valence-electron chi connectivity index (χ0n) is 11.6. The summed E-state index contributed by atoms with van der Waals surface area (Å²) >= 11 is 0. The monoisotopic (exact) mass is 262 g/mol. The van der Waals surface area contributed by atoms with E-state index >= 15 is 0 Å². The van der Waals surface area contributed by atoms with Gasteiger partial charge in [-0.2, -0.15) is 0 Å². The van der Waals surface area contributed by atoms with E-state index in [9.17, 15) is 4.79 Å². The molecule has 1 saturated heterocycles. The van der Waals surface area contributed by atoms with Gasteiger partial charge in [-0.1, -0.05) is 0 Å². The second-order valence-corrected chi connectivity index (χ2v) is 5.28.